The van der Waals surface area contributed by atoms with E-state index in [2.05, 4.69) is 4.98 Å². The van der Waals surface area contributed by atoms with Crippen LogP contribution < -0.4 is 5.73 Å². The van der Waals surface area contributed by atoms with Crippen LogP contribution in [0.25, 0.3) is 11.0 Å². The molecule has 0 bridgehead atoms. The van der Waals surface area contributed by atoms with Crippen molar-refractivity contribution in [2.24, 2.45) is 5.73 Å². The van der Waals surface area contributed by atoms with Crippen molar-refractivity contribution in [3.63, 3.8) is 0 Å². The molecule has 1 aromatic heterocycles. The van der Waals surface area contributed by atoms with Gasteiger partial charge >= 0.3 is 0 Å². The number of aromatic nitrogens is 2. The predicted octanol–water partition coefficient (Wildman–Crippen LogP) is 3.27. The van der Waals surface area contributed by atoms with Crippen molar-refractivity contribution in [2.75, 3.05) is 5.88 Å². The van der Waals surface area contributed by atoms with Crippen molar-refractivity contribution in [1.82, 2.24) is 9.55 Å². The number of nitrogens with zero attached hydrogens (tertiary/aromatic N) is 2. The van der Waals surface area contributed by atoms with Crippen molar-refractivity contribution >= 4 is 40.1 Å². The van der Waals surface area contributed by atoms with Gasteiger partial charge in [-0.25, -0.2) is 9.37 Å². The standard InChI is InChI=1S/C14H16Cl2FN3O/c15-5-4-14-19-11-8-10(17)9(16)7-12(11)20(14)6-2-1-3-13(18)21/h7-8H,1-6H2,(H2,18,21). The van der Waals surface area contributed by atoms with Crippen molar-refractivity contribution in [2.45, 2.75) is 32.2 Å². The number of rotatable bonds is 7. The van der Waals surface area contributed by atoms with E-state index in [0.717, 1.165) is 17.8 Å². The number of carbonyl (C=O) groups excluding carboxylic acids is 1. The molecule has 2 rings (SSSR count). The zero-order chi connectivity index (χ0) is 15.4. The van der Waals surface area contributed by atoms with Crippen LogP contribution in [0, 0.1) is 5.82 Å². The summed E-state index contributed by atoms with van der Waals surface area (Å²) >= 11 is 11.6. The second-order valence-electron chi connectivity index (χ2n) is 4.80. The van der Waals surface area contributed by atoms with E-state index in [1.807, 2.05) is 4.57 Å². The number of carbonyl (C=O) groups is 1. The number of amides is 1. The largest absolute Gasteiger partial charge is 0.370 e. The SMILES string of the molecule is NC(=O)CCCCn1c(CCCl)nc2cc(F)c(Cl)cc21. The normalized spacial score (nSPS) is 11.2. The lowest BCUT2D eigenvalue weighted by Gasteiger charge is -2.08. The minimum Gasteiger partial charge on any atom is -0.370 e. The zero-order valence-electron chi connectivity index (χ0n) is 11.4. The van der Waals surface area contributed by atoms with Crippen LogP contribution in [0.15, 0.2) is 12.1 Å². The molecule has 0 aliphatic carbocycles. The fourth-order valence-corrected chi connectivity index (χ4v) is 2.59. The van der Waals surface area contributed by atoms with Gasteiger partial charge in [-0.15, -0.1) is 11.6 Å². The minimum absolute atomic E-state index is 0.0678. The van der Waals surface area contributed by atoms with Crippen LogP contribution in [-0.2, 0) is 17.8 Å². The summed E-state index contributed by atoms with van der Waals surface area (Å²) in [5.74, 6) is 0.429. The maximum atomic E-state index is 13.5. The van der Waals surface area contributed by atoms with Crippen LogP contribution in [0.2, 0.25) is 5.02 Å². The molecule has 0 spiro atoms. The molecule has 0 aliphatic rings. The first-order valence-corrected chi connectivity index (χ1v) is 7.62. The molecule has 2 aromatic rings. The Kier molecular flexibility index (Phi) is 5.42. The quantitative estimate of drug-likeness (QED) is 0.625. The molecule has 1 amide bonds. The van der Waals surface area contributed by atoms with Crippen LogP contribution in [-0.4, -0.2) is 21.3 Å². The lowest BCUT2D eigenvalue weighted by atomic mass is 10.2. The Labute approximate surface area is 132 Å². The summed E-state index contributed by atoms with van der Waals surface area (Å²) in [6, 6.07) is 2.90. The summed E-state index contributed by atoms with van der Waals surface area (Å²) in [7, 11) is 0. The molecule has 0 unspecified atom stereocenters. The molecule has 4 nitrogen and oxygen atoms in total. The molecule has 0 atom stereocenters. The van der Waals surface area contributed by atoms with Gasteiger partial charge in [-0.1, -0.05) is 11.6 Å². The van der Waals surface area contributed by atoms with E-state index in [9.17, 15) is 9.18 Å². The molecule has 0 saturated heterocycles. The summed E-state index contributed by atoms with van der Waals surface area (Å²) in [6.07, 6.45) is 2.42. The Morgan fingerprint density at radius 3 is 2.81 bits per heavy atom. The molecule has 0 radical (unpaired) electrons. The van der Waals surface area contributed by atoms with Crippen LogP contribution in [0.1, 0.15) is 25.1 Å². The number of aryl methyl sites for hydroxylation is 2. The predicted molar refractivity (Wildman–Crippen MR) is 82.2 cm³/mol. The Morgan fingerprint density at radius 2 is 2.14 bits per heavy atom. The summed E-state index contributed by atoms with van der Waals surface area (Å²) in [5, 5.41) is 0.0678. The van der Waals surface area contributed by atoms with Gasteiger partial charge in [0.1, 0.15) is 11.6 Å². The van der Waals surface area contributed by atoms with Gasteiger partial charge in [-0.2, -0.15) is 0 Å². The highest BCUT2D eigenvalue weighted by atomic mass is 35.5. The number of alkyl halides is 1. The number of hydrogen-bond acceptors (Lipinski definition) is 2. The third-order valence-corrected chi connectivity index (χ3v) is 3.72. The molecule has 0 aliphatic heterocycles. The highest BCUT2D eigenvalue weighted by Gasteiger charge is 2.13. The highest BCUT2D eigenvalue weighted by Crippen LogP contribution is 2.24. The van der Waals surface area contributed by atoms with Crippen LogP contribution in [0.3, 0.4) is 0 Å². The molecule has 7 heteroatoms. The first-order chi connectivity index (χ1) is 10.0. The zero-order valence-corrected chi connectivity index (χ0v) is 12.9. The smallest absolute Gasteiger partial charge is 0.217 e. The number of benzene rings is 1. The number of fused-ring (bicyclic) bond motifs is 1. The molecule has 2 N–H and O–H groups in total. The number of primary amides is 1. The fourth-order valence-electron chi connectivity index (χ4n) is 2.26. The van der Waals surface area contributed by atoms with Crippen LogP contribution in [0.5, 0.6) is 0 Å². The van der Waals surface area contributed by atoms with E-state index in [1.165, 1.54) is 6.07 Å². The van der Waals surface area contributed by atoms with Gasteiger partial charge in [0, 0.05) is 31.3 Å². The molecule has 0 fully saturated rings. The monoisotopic (exact) mass is 331 g/mol. The van der Waals surface area contributed by atoms with Crippen LogP contribution >= 0.6 is 23.2 Å². The summed E-state index contributed by atoms with van der Waals surface area (Å²) < 4.78 is 15.5. The second-order valence-corrected chi connectivity index (χ2v) is 5.58. The van der Waals surface area contributed by atoms with Gasteiger partial charge < -0.3 is 10.3 Å². The van der Waals surface area contributed by atoms with Crippen LogP contribution in [0.4, 0.5) is 4.39 Å². The van der Waals surface area contributed by atoms with Gasteiger partial charge in [-0.3, -0.25) is 4.79 Å². The number of imidazole rings is 1. The summed E-state index contributed by atoms with van der Waals surface area (Å²) in [5.41, 5.74) is 6.46. The first-order valence-electron chi connectivity index (χ1n) is 6.71. The molecular weight excluding hydrogens is 316 g/mol. The molecular formula is C14H16Cl2FN3O. The molecule has 1 heterocycles. The van der Waals surface area contributed by atoms with Gasteiger partial charge in [0.05, 0.1) is 16.1 Å². The topological polar surface area (TPSA) is 60.9 Å². The van der Waals surface area contributed by atoms with E-state index < -0.39 is 5.82 Å². The maximum Gasteiger partial charge on any atom is 0.217 e. The first kappa shape index (κ1) is 16.0. The van der Waals surface area contributed by atoms with E-state index >= 15 is 0 Å². The summed E-state index contributed by atoms with van der Waals surface area (Å²) in [6.45, 7) is 0.665. The highest BCUT2D eigenvalue weighted by molar-refractivity contribution is 6.31. The van der Waals surface area contributed by atoms with Crippen molar-refractivity contribution in [3.8, 4) is 0 Å². The molecule has 114 valence electrons. The average molecular weight is 332 g/mol. The average Bonchev–Trinajstić information content (AvgIpc) is 2.73. The van der Waals surface area contributed by atoms with E-state index in [0.29, 0.717) is 37.2 Å². The Balaban J connectivity index is 2.27. The third kappa shape index (κ3) is 3.86. The number of halogens is 3. The van der Waals surface area contributed by atoms with Gasteiger partial charge in [-0.05, 0) is 18.9 Å². The van der Waals surface area contributed by atoms with Gasteiger partial charge in [0.2, 0.25) is 5.91 Å². The Morgan fingerprint density at radius 1 is 1.38 bits per heavy atom. The van der Waals surface area contributed by atoms with Crippen molar-refractivity contribution in [1.29, 1.82) is 0 Å². The number of hydrogen-bond donors (Lipinski definition) is 1. The van der Waals surface area contributed by atoms with E-state index in [4.69, 9.17) is 28.9 Å². The Hall–Kier alpha value is -1.33. The Bertz CT molecular complexity index is 657. The van der Waals surface area contributed by atoms with Crippen molar-refractivity contribution < 1.29 is 9.18 Å². The minimum atomic E-state index is -0.486. The summed E-state index contributed by atoms with van der Waals surface area (Å²) in [4.78, 5) is 15.2. The lowest BCUT2D eigenvalue weighted by molar-refractivity contribution is -0.118. The van der Waals surface area contributed by atoms with E-state index in [1.54, 1.807) is 6.07 Å². The number of unbranched alkanes of at least 4 members (excludes halogenated alkanes) is 1. The van der Waals surface area contributed by atoms with Gasteiger partial charge in [0.15, 0.2) is 0 Å². The molecule has 21 heavy (non-hydrogen) atoms. The molecule has 1 aromatic carbocycles. The maximum absolute atomic E-state index is 13.5. The van der Waals surface area contributed by atoms with Crippen molar-refractivity contribution in [3.05, 3.63) is 28.8 Å². The second kappa shape index (κ2) is 7.09. The lowest BCUT2D eigenvalue weighted by Crippen LogP contribution is -2.11. The third-order valence-electron chi connectivity index (χ3n) is 3.24. The number of nitrogens with two attached hydrogens (primary N) is 1. The van der Waals surface area contributed by atoms with Gasteiger partial charge in [0.25, 0.3) is 0 Å². The molecule has 0 saturated carbocycles. The van der Waals surface area contributed by atoms with E-state index in [-0.39, 0.29) is 10.9 Å². The fraction of sp³-hybridized carbons (Fsp3) is 0.429.